The highest BCUT2D eigenvalue weighted by atomic mass is 32.1. The van der Waals surface area contributed by atoms with Crippen molar-refractivity contribution in [2.75, 3.05) is 11.9 Å². The van der Waals surface area contributed by atoms with Crippen molar-refractivity contribution in [2.45, 2.75) is 47.6 Å². The zero-order valence-corrected chi connectivity index (χ0v) is 17.3. The van der Waals surface area contributed by atoms with Gasteiger partial charge in [-0.05, 0) is 45.2 Å². The predicted octanol–water partition coefficient (Wildman–Crippen LogP) is 2.48. The molecule has 0 saturated carbocycles. The number of thiophene rings is 1. The van der Waals surface area contributed by atoms with Crippen LogP contribution in [0.2, 0.25) is 0 Å². The van der Waals surface area contributed by atoms with E-state index in [1.807, 2.05) is 19.9 Å². The minimum Gasteiger partial charge on any atom is -0.462 e. The minimum absolute atomic E-state index is 0.0345. The van der Waals surface area contributed by atoms with E-state index in [1.165, 1.54) is 11.3 Å². The first-order valence-corrected chi connectivity index (χ1v) is 9.64. The summed E-state index contributed by atoms with van der Waals surface area (Å²) in [7, 11) is 0. The molecule has 0 aliphatic rings. The number of anilines is 1. The van der Waals surface area contributed by atoms with Crippen LogP contribution in [0.1, 0.15) is 51.5 Å². The first-order valence-electron chi connectivity index (χ1n) is 8.82. The van der Waals surface area contributed by atoms with E-state index in [9.17, 15) is 19.6 Å². The number of hydrogen-bond donors (Lipinski definition) is 1. The summed E-state index contributed by atoms with van der Waals surface area (Å²) in [5.41, 5.74) is 1.44. The van der Waals surface area contributed by atoms with E-state index in [2.05, 4.69) is 10.4 Å². The van der Waals surface area contributed by atoms with Gasteiger partial charge < -0.3 is 10.1 Å². The van der Waals surface area contributed by atoms with Gasteiger partial charge in [-0.3, -0.25) is 9.59 Å². The van der Waals surface area contributed by atoms with Crippen molar-refractivity contribution in [3.63, 3.8) is 0 Å². The number of rotatable bonds is 6. The fraction of sp³-hybridized carbons (Fsp3) is 0.421. The van der Waals surface area contributed by atoms with Crippen molar-refractivity contribution in [2.24, 2.45) is 0 Å². The Morgan fingerprint density at radius 1 is 1.25 bits per heavy atom. The third-order valence-electron chi connectivity index (χ3n) is 4.34. The van der Waals surface area contributed by atoms with Crippen LogP contribution in [0, 0.1) is 32.1 Å². The average molecular weight is 402 g/mol. The highest BCUT2D eigenvalue weighted by Crippen LogP contribution is 2.34. The molecule has 0 saturated heterocycles. The maximum atomic E-state index is 12.5. The number of nitriles is 1. The lowest BCUT2D eigenvalue weighted by atomic mass is 10.1. The van der Waals surface area contributed by atoms with Crippen molar-refractivity contribution < 1.29 is 14.3 Å². The summed E-state index contributed by atoms with van der Waals surface area (Å²) >= 11 is 1.30. The Labute approximate surface area is 166 Å². The molecule has 8 nitrogen and oxygen atoms in total. The number of nitrogens with zero attached hydrogens (tertiary/aromatic N) is 3. The van der Waals surface area contributed by atoms with Crippen molar-refractivity contribution in [1.82, 2.24) is 9.78 Å². The molecule has 1 N–H and O–H groups in total. The van der Waals surface area contributed by atoms with Gasteiger partial charge in [0.25, 0.3) is 5.56 Å². The molecule has 0 aliphatic heterocycles. The molecule has 0 aromatic carbocycles. The van der Waals surface area contributed by atoms with E-state index in [-0.39, 0.29) is 18.7 Å². The van der Waals surface area contributed by atoms with Crippen molar-refractivity contribution in [3.8, 4) is 6.07 Å². The zero-order chi connectivity index (χ0) is 21.0. The first kappa shape index (κ1) is 21.3. The summed E-state index contributed by atoms with van der Waals surface area (Å²) in [4.78, 5) is 38.2. The SMILES string of the molecule is CCOC(=O)c1c(NC(=O)Cn2nc(C)c(C)c(C#N)c2=O)sc(CC)c1C. The Hall–Kier alpha value is -2.99. The minimum atomic E-state index is -0.622. The second kappa shape index (κ2) is 8.80. The van der Waals surface area contributed by atoms with Crippen LogP contribution in [-0.4, -0.2) is 28.3 Å². The Bertz CT molecular complexity index is 1030. The van der Waals surface area contributed by atoms with Crippen LogP contribution in [0.5, 0.6) is 0 Å². The number of aromatic nitrogens is 2. The van der Waals surface area contributed by atoms with Gasteiger partial charge in [0.1, 0.15) is 23.2 Å². The molecule has 2 aromatic heterocycles. The molecule has 2 rings (SSSR count). The normalized spacial score (nSPS) is 10.4. The molecule has 9 heteroatoms. The molecule has 0 aliphatic carbocycles. The maximum Gasteiger partial charge on any atom is 0.341 e. The molecular formula is C19H22N4O4S. The van der Waals surface area contributed by atoms with E-state index < -0.39 is 17.4 Å². The van der Waals surface area contributed by atoms with Crippen molar-refractivity contribution >= 4 is 28.2 Å². The Morgan fingerprint density at radius 3 is 2.50 bits per heavy atom. The van der Waals surface area contributed by atoms with Crippen LogP contribution < -0.4 is 10.9 Å². The van der Waals surface area contributed by atoms with Gasteiger partial charge in [0, 0.05) is 4.88 Å². The van der Waals surface area contributed by atoms with Gasteiger partial charge in [0.05, 0.1) is 17.9 Å². The van der Waals surface area contributed by atoms with Gasteiger partial charge in [0.15, 0.2) is 0 Å². The van der Waals surface area contributed by atoms with Gasteiger partial charge in [-0.25, -0.2) is 9.48 Å². The molecule has 28 heavy (non-hydrogen) atoms. The molecule has 0 radical (unpaired) electrons. The molecule has 0 unspecified atom stereocenters. The molecular weight excluding hydrogens is 380 g/mol. The standard InChI is InChI=1S/C19H22N4O4S/c1-6-14-11(4)16(19(26)27-7-2)17(28-14)21-15(24)9-23-18(25)13(8-20)10(3)12(5)22-23/h6-7,9H2,1-5H3,(H,21,24). The average Bonchev–Trinajstić information content (AvgIpc) is 2.95. The highest BCUT2D eigenvalue weighted by molar-refractivity contribution is 7.17. The smallest absolute Gasteiger partial charge is 0.341 e. The number of esters is 1. The zero-order valence-electron chi connectivity index (χ0n) is 16.5. The third-order valence-corrected chi connectivity index (χ3v) is 5.69. The molecule has 2 aromatic rings. The lowest BCUT2D eigenvalue weighted by Gasteiger charge is -2.10. The molecule has 2 heterocycles. The predicted molar refractivity (Wildman–Crippen MR) is 106 cm³/mol. The Kier molecular flexibility index (Phi) is 6.70. The Balaban J connectivity index is 2.35. The highest BCUT2D eigenvalue weighted by Gasteiger charge is 2.23. The summed E-state index contributed by atoms with van der Waals surface area (Å²) in [6.07, 6.45) is 0.711. The summed E-state index contributed by atoms with van der Waals surface area (Å²) < 4.78 is 6.06. The molecule has 0 fully saturated rings. The summed E-state index contributed by atoms with van der Waals surface area (Å²) in [5, 5.41) is 16.4. The van der Waals surface area contributed by atoms with Gasteiger partial charge in [-0.1, -0.05) is 6.92 Å². The monoisotopic (exact) mass is 402 g/mol. The van der Waals surface area contributed by atoms with E-state index in [0.717, 1.165) is 15.1 Å². The van der Waals surface area contributed by atoms with Crippen LogP contribution in [0.3, 0.4) is 0 Å². The van der Waals surface area contributed by atoms with Gasteiger partial charge in [0.2, 0.25) is 5.91 Å². The summed E-state index contributed by atoms with van der Waals surface area (Å²) in [5.74, 6) is -1.02. The second-order valence-corrected chi connectivity index (χ2v) is 7.24. The van der Waals surface area contributed by atoms with Crippen LogP contribution in [-0.2, 0) is 22.5 Å². The summed E-state index contributed by atoms with van der Waals surface area (Å²) in [6, 6.07) is 1.86. The number of aryl methyl sites for hydroxylation is 2. The second-order valence-electron chi connectivity index (χ2n) is 6.14. The number of carbonyl (C=O) groups is 2. The van der Waals surface area contributed by atoms with Crippen LogP contribution in [0.25, 0.3) is 0 Å². The molecule has 1 amide bonds. The number of hydrogen-bond acceptors (Lipinski definition) is 7. The lowest BCUT2D eigenvalue weighted by Crippen LogP contribution is -2.32. The van der Waals surface area contributed by atoms with Crippen LogP contribution in [0.4, 0.5) is 5.00 Å². The topological polar surface area (TPSA) is 114 Å². The first-order chi connectivity index (χ1) is 13.2. The van der Waals surface area contributed by atoms with Crippen LogP contribution >= 0.6 is 11.3 Å². The molecule has 0 atom stereocenters. The maximum absolute atomic E-state index is 12.5. The number of amides is 1. The van der Waals surface area contributed by atoms with Gasteiger partial charge in [-0.15, -0.1) is 11.3 Å². The fourth-order valence-corrected chi connectivity index (χ4v) is 3.90. The summed E-state index contributed by atoms with van der Waals surface area (Å²) in [6.45, 7) is 8.64. The molecule has 0 bridgehead atoms. The van der Waals surface area contributed by atoms with Gasteiger partial charge in [-0.2, -0.15) is 10.4 Å². The lowest BCUT2D eigenvalue weighted by molar-refractivity contribution is -0.117. The third kappa shape index (κ3) is 4.12. The number of carbonyl (C=O) groups excluding carboxylic acids is 2. The van der Waals surface area contributed by atoms with E-state index in [4.69, 9.17) is 4.74 Å². The van der Waals surface area contributed by atoms with Crippen LogP contribution in [0.15, 0.2) is 4.79 Å². The quantitative estimate of drug-likeness (QED) is 0.743. The fourth-order valence-electron chi connectivity index (χ4n) is 2.75. The number of nitrogens with one attached hydrogen (secondary N) is 1. The van der Waals surface area contributed by atoms with E-state index in [1.54, 1.807) is 20.8 Å². The van der Waals surface area contributed by atoms with E-state index in [0.29, 0.717) is 28.2 Å². The van der Waals surface area contributed by atoms with E-state index >= 15 is 0 Å². The largest absolute Gasteiger partial charge is 0.462 e. The van der Waals surface area contributed by atoms with Crippen molar-refractivity contribution in [1.29, 1.82) is 5.26 Å². The molecule has 148 valence electrons. The van der Waals surface area contributed by atoms with Crippen molar-refractivity contribution in [3.05, 3.63) is 43.2 Å². The Morgan fingerprint density at radius 2 is 1.93 bits per heavy atom. The molecule has 0 spiro atoms. The van der Waals surface area contributed by atoms with Gasteiger partial charge >= 0.3 is 5.97 Å². The number of ether oxygens (including phenoxy) is 1.